The van der Waals surface area contributed by atoms with Crippen LogP contribution in [-0.4, -0.2) is 17.9 Å². The molecule has 25 heavy (non-hydrogen) atoms. The molecule has 1 atom stereocenters. The lowest BCUT2D eigenvalue weighted by Gasteiger charge is -2.24. The zero-order valence-electron chi connectivity index (χ0n) is 15.5. The molecule has 1 aromatic rings. The van der Waals surface area contributed by atoms with Gasteiger partial charge in [0, 0.05) is 12.5 Å². The Hall–Kier alpha value is -1.84. The summed E-state index contributed by atoms with van der Waals surface area (Å²) in [6.45, 7) is 4.39. The van der Waals surface area contributed by atoms with Gasteiger partial charge in [-0.05, 0) is 30.7 Å². The van der Waals surface area contributed by atoms with Gasteiger partial charge < -0.3 is 10.1 Å². The van der Waals surface area contributed by atoms with Gasteiger partial charge in [0.1, 0.15) is 6.61 Å². The zero-order valence-corrected chi connectivity index (χ0v) is 15.5. The van der Waals surface area contributed by atoms with Crippen molar-refractivity contribution in [3.8, 4) is 0 Å². The fraction of sp³-hybridized carbons (Fsp3) is 0.619. The van der Waals surface area contributed by atoms with E-state index in [1.54, 1.807) is 0 Å². The smallest absolute Gasteiger partial charge is 0.309 e. The maximum atomic E-state index is 12.5. The number of hydrogen-bond acceptors (Lipinski definition) is 3. The monoisotopic (exact) mass is 345 g/mol. The van der Waals surface area contributed by atoms with Gasteiger partial charge in [0.25, 0.3) is 0 Å². The van der Waals surface area contributed by atoms with E-state index in [4.69, 9.17) is 4.74 Å². The first-order valence-corrected chi connectivity index (χ1v) is 9.54. The van der Waals surface area contributed by atoms with Crippen LogP contribution in [0.25, 0.3) is 0 Å². The Morgan fingerprint density at radius 3 is 2.44 bits per heavy atom. The van der Waals surface area contributed by atoms with Gasteiger partial charge >= 0.3 is 5.97 Å². The lowest BCUT2D eigenvalue weighted by atomic mass is 9.92. The second-order valence-electron chi connectivity index (χ2n) is 7.53. The maximum Gasteiger partial charge on any atom is 0.309 e. The Morgan fingerprint density at radius 2 is 1.80 bits per heavy atom. The molecule has 1 aliphatic carbocycles. The van der Waals surface area contributed by atoms with E-state index in [2.05, 4.69) is 19.2 Å². The van der Waals surface area contributed by atoms with Crippen molar-refractivity contribution in [2.24, 2.45) is 11.8 Å². The average Bonchev–Trinajstić information content (AvgIpc) is 2.60. The molecule has 0 aliphatic heterocycles. The Kier molecular flexibility index (Phi) is 7.96. The van der Waals surface area contributed by atoms with E-state index in [-0.39, 0.29) is 36.9 Å². The van der Waals surface area contributed by atoms with E-state index in [1.165, 1.54) is 19.3 Å². The fourth-order valence-electron chi connectivity index (χ4n) is 3.44. The highest BCUT2D eigenvalue weighted by Gasteiger charge is 2.26. The third-order valence-corrected chi connectivity index (χ3v) is 4.72. The molecule has 0 unspecified atom stereocenters. The second-order valence-corrected chi connectivity index (χ2v) is 7.53. The maximum absolute atomic E-state index is 12.5. The molecule has 0 spiro atoms. The molecule has 4 nitrogen and oxygen atoms in total. The molecular weight excluding hydrogens is 314 g/mol. The first kappa shape index (κ1) is 19.5. The molecule has 1 aliphatic rings. The van der Waals surface area contributed by atoms with Crippen molar-refractivity contribution in [3.63, 3.8) is 0 Å². The number of nitrogens with one attached hydrogen (secondary N) is 1. The number of hydrogen-bond donors (Lipinski definition) is 1. The molecule has 0 aromatic heterocycles. The molecule has 1 amide bonds. The second kappa shape index (κ2) is 10.2. The van der Waals surface area contributed by atoms with Gasteiger partial charge in [-0.3, -0.25) is 9.59 Å². The Bertz CT molecular complexity index is 535. The van der Waals surface area contributed by atoms with Crippen LogP contribution in [0.3, 0.4) is 0 Å². The van der Waals surface area contributed by atoms with E-state index in [9.17, 15) is 9.59 Å². The topological polar surface area (TPSA) is 55.4 Å². The molecule has 1 aromatic carbocycles. The molecule has 2 rings (SSSR count). The quantitative estimate of drug-likeness (QED) is 0.717. The molecule has 1 N–H and O–H groups in total. The molecular formula is C21H31NO3. The molecule has 0 heterocycles. The van der Waals surface area contributed by atoms with Crippen molar-refractivity contribution in [2.75, 3.05) is 0 Å². The third kappa shape index (κ3) is 7.29. The minimum atomic E-state index is -0.368. The minimum absolute atomic E-state index is 0.0192. The summed E-state index contributed by atoms with van der Waals surface area (Å²) < 4.78 is 5.46. The standard InChI is InChI=1S/C21H31NO3/c1-16(2)13-18(14-20(23)22-19-11-7-4-8-12-19)21(24)25-15-17-9-5-3-6-10-17/h3,5-6,9-10,16,18-19H,4,7-8,11-15H2,1-2H3,(H,22,23)/t18-/m1/s1. The summed E-state index contributed by atoms with van der Waals surface area (Å²) in [4.78, 5) is 24.8. The predicted molar refractivity (Wildman–Crippen MR) is 98.8 cm³/mol. The molecule has 0 saturated heterocycles. The van der Waals surface area contributed by atoms with Gasteiger partial charge in [0.2, 0.25) is 5.91 Å². The van der Waals surface area contributed by atoms with Crippen LogP contribution in [0.1, 0.15) is 64.4 Å². The molecule has 1 saturated carbocycles. The fourth-order valence-corrected chi connectivity index (χ4v) is 3.44. The van der Waals surface area contributed by atoms with E-state index in [0.717, 1.165) is 18.4 Å². The summed E-state index contributed by atoms with van der Waals surface area (Å²) in [6.07, 6.45) is 6.62. The van der Waals surface area contributed by atoms with Crippen LogP contribution in [0.2, 0.25) is 0 Å². The largest absolute Gasteiger partial charge is 0.461 e. The lowest BCUT2D eigenvalue weighted by molar-refractivity contribution is -0.152. The number of benzene rings is 1. The Balaban J connectivity index is 1.85. The van der Waals surface area contributed by atoms with Gasteiger partial charge in [-0.2, -0.15) is 0 Å². The van der Waals surface area contributed by atoms with Crippen LogP contribution in [0, 0.1) is 11.8 Å². The van der Waals surface area contributed by atoms with Crippen molar-refractivity contribution >= 4 is 11.9 Å². The van der Waals surface area contributed by atoms with Gasteiger partial charge in [0.05, 0.1) is 5.92 Å². The Labute approximate surface area is 151 Å². The number of esters is 1. The molecule has 0 radical (unpaired) electrons. The van der Waals surface area contributed by atoms with Crippen molar-refractivity contribution < 1.29 is 14.3 Å². The third-order valence-electron chi connectivity index (χ3n) is 4.72. The number of ether oxygens (including phenoxy) is 1. The van der Waals surface area contributed by atoms with Gasteiger partial charge in [-0.15, -0.1) is 0 Å². The molecule has 0 bridgehead atoms. The van der Waals surface area contributed by atoms with Crippen LogP contribution < -0.4 is 5.32 Å². The number of rotatable bonds is 8. The zero-order chi connectivity index (χ0) is 18.1. The highest BCUT2D eigenvalue weighted by Crippen LogP contribution is 2.20. The van der Waals surface area contributed by atoms with Crippen LogP contribution in [-0.2, 0) is 20.9 Å². The number of carbonyl (C=O) groups excluding carboxylic acids is 2. The van der Waals surface area contributed by atoms with E-state index in [1.807, 2.05) is 30.3 Å². The van der Waals surface area contributed by atoms with E-state index in [0.29, 0.717) is 12.3 Å². The normalized spacial score (nSPS) is 16.4. The summed E-state index contributed by atoms with van der Waals surface area (Å²) >= 11 is 0. The van der Waals surface area contributed by atoms with Gasteiger partial charge in [0.15, 0.2) is 0 Å². The predicted octanol–water partition coefficient (Wildman–Crippen LogP) is 4.23. The van der Waals surface area contributed by atoms with E-state index >= 15 is 0 Å². The first-order valence-electron chi connectivity index (χ1n) is 9.54. The summed E-state index contributed by atoms with van der Waals surface area (Å²) in [6, 6.07) is 9.92. The summed E-state index contributed by atoms with van der Waals surface area (Å²) in [5, 5.41) is 3.10. The van der Waals surface area contributed by atoms with Crippen LogP contribution >= 0.6 is 0 Å². The highest BCUT2D eigenvalue weighted by atomic mass is 16.5. The average molecular weight is 345 g/mol. The van der Waals surface area contributed by atoms with Crippen molar-refractivity contribution in [1.82, 2.24) is 5.32 Å². The molecule has 1 fully saturated rings. The minimum Gasteiger partial charge on any atom is -0.461 e. The highest BCUT2D eigenvalue weighted by molar-refractivity contribution is 5.83. The first-order chi connectivity index (χ1) is 12.0. The summed E-state index contributed by atoms with van der Waals surface area (Å²) in [5.74, 6) is -0.311. The summed E-state index contributed by atoms with van der Waals surface area (Å²) in [5.41, 5.74) is 0.964. The van der Waals surface area contributed by atoms with Crippen molar-refractivity contribution in [2.45, 2.75) is 71.4 Å². The molecule has 138 valence electrons. The number of amides is 1. The lowest BCUT2D eigenvalue weighted by Crippen LogP contribution is -2.38. The van der Waals surface area contributed by atoms with Crippen LogP contribution in [0.4, 0.5) is 0 Å². The summed E-state index contributed by atoms with van der Waals surface area (Å²) in [7, 11) is 0. The van der Waals surface area contributed by atoms with Gasteiger partial charge in [-0.25, -0.2) is 0 Å². The van der Waals surface area contributed by atoms with Gasteiger partial charge in [-0.1, -0.05) is 63.4 Å². The number of carbonyl (C=O) groups is 2. The van der Waals surface area contributed by atoms with Crippen molar-refractivity contribution in [3.05, 3.63) is 35.9 Å². The van der Waals surface area contributed by atoms with Crippen LogP contribution in [0.5, 0.6) is 0 Å². The van der Waals surface area contributed by atoms with Crippen LogP contribution in [0.15, 0.2) is 30.3 Å². The Morgan fingerprint density at radius 1 is 1.12 bits per heavy atom. The SMILES string of the molecule is CC(C)C[C@H](CC(=O)NC1CCCCC1)C(=O)OCc1ccccc1. The van der Waals surface area contributed by atoms with E-state index < -0.39 is 0 Å². The molecule has 4 heteroatoms. The van der Waals surface area contributed by atoms with Crippen molar-refractivity contribution in [1.29, 1.82) is 0 Å².